The summed E-state index contributed by atoms with van der Waals surface area (Å²) >= 11 is 0. The molecule has 0 saturated heterocycles. The van der Waals surface area contributed by atoms with Gasteiger partial charge in [0.25, 0.3) is 5.69 Å². The van der Waals surface area contributed by atoms with Gasteiger partial charge in [-0.3, -0.25) is 10.1 Å². The van der Waals surface area contributed by atoms with Crippen LogP contribution in [0.5, 0.6) is 5.75 Å². The summed E-state index contributed by atoms with van der Waals surface area (Å²) in [6, 6.07) is 3.06. The standard InChI is InChI=1S/C9H10FNO3/c1-6-3-4-8(14-5-10)7(2)9(6)11(12)13/h3-4H,5H2,1-2H3. The van der Waals surface area contributed by atoms with Gasteiger partial charge in [-0.15, -0.1) is 0 Å². The molecule has 0 bridgehead atoms. The lowest BCUT2D eigenvalue weighted by atomic mass is 10.1. The Labute approximate surface area is 80.5 Å². The molecule has 0 aliphatic carbocycles. The molecule has 0 unspecified atom stereocenters. The molecule has 5 heteroatoms. The molecule has 0 heterocycles. The highest BCUT2D eigenvalue weighted by atomic mass is 19.1. The van der Waals surface area contributed by atoms with Crippen LogP contribution in [0.15, 0.2) is 12.1 Å². The van der Waals surface area contributed by atoms with Gasteiger partial charge in [0.05, 0.1) is 10.5 Å². The maximum atomic E-state index is 11.9. The molecule has 0 radical (unpaired) electrons. The Balaban J connectivity index is 3.26. The van der Waals surface area contributed by atoms with Crippen molar-refractivity contribution in [3.8, 4) is 5.75 Å². The summed E-state index contributed by atoms with van der Waals surface area (Å²) in [6.45, 7) is 2.18. The lowest BCUT2D eigenvalue weighted by Gasteiger charge is -2.07. The summed E-state index contributed by atoms with van der Waals surface area (Å²) in [5.74, 6) is 0.213. The molecule has 1 aromatic carbocycles. The fourth-order valence-corrected chi connectivity index (χ4v) is 1.31. The third kappa shape index (κ3) is 1.81. The minimum absolute atomic E-state index is 0.0176. The van der Waals surface area contributed by atoms with Gasteiger partial charge in [-0.2, -0.15) is 0 Å². The number of hydrogen-bond acceptors (Lipinski definition) is 3. The Bertz CT molecular complexity index is 365. The SMILES string of the molecule is Cc1ccc(OCF)c(C)c1[N+](=O)[O-]. The van der Waals surface area contributed by atoms with Crippen molar-refractivity contribution >= 4 is 5.69 Å². The highest BCUT2D eigenvalue weighted by molar-refractivity contribution is 5.53. The molecular weight excluding hydrogens is 189 g/mol. The van der Waals surface area contributed by atoms with E-state index in [0.717, 1.165) is 0 Å². The first-order chi connectivity index (χ1) is 6.57. The van der Waals surface area contributed by atoms with Gasteiger partial charge in [0, 0.05) is 5.56 Å². The van der Waals surface area contributed by atoms with Crippen molar-refractivity contribution in [2.75, 3.05) is 6.86 Å². The summed E-state index contributed by atoms with van der Waals surface area (Å²) in [4.78, 5) is 10.2. The average Bonchev–Trinajstić information content (AvgIpc) is 2.10. The van der Waals surface area contributed by atoms with Crippen LogP contribution in [0.25, 0.3) is 0 Å². The molecule has 1 rings (SSSR count). The molecule has 14 heavy (non-hydrogen) atoms. The molecule has 0 spiro atoms. The van der Waals surface area contributed by atoms with E-state index in [2.05, 4.69) is 4.74 Å². The van der Waals surface area contributed by atoms with Crippen molar-refractivity contribution in [3.05, 3.63) is 33.4 Å². The first kappa shape index (κ1) is 10.4. The summed E-state index contributed by atoms with van der Waals surface area (Å²) < 4.78 is 16.5. The molecule has 0 atom stereocenters. The molecule has 0 amide bonds. The maximum absolute atomic E-state index is 11.9. The first-order valence-corrected chi connectivity index (χ1v) is 4.01. The molecule has 0 aliphatic heterocycles. The van der Waals surface area contributed by atoms with Crippen molar-refractivity contribution < 1.29 is 14.1 Å². The summed E-state index contributed by atoms with van der Waals surface area (Å²) in [6.07, 6.45) is 0. The number of rotatable bonds is 3. The smallest absolute Gasteiger partial charge is 0.278 e. The number of halogens is 1. The molecule has 0 N–H and O–H groups in total. The van der Waals surface area contributed by atoms with Crippen LogP contribution in [0.1, 0.15) is 11.1 Å². The lowest BCUT2D eigenvalue weighted by molar-refractivity contribution is -0.386. The van der Waals surface area contributed by atoms with E-state index in [1.165, 1.54) is 19.1 Å². The summed E-state index contributed by atoms with van der Waals surface area (Å²) in [5, 5.41) is 10.7. The largest absolute Gasteiger partial charge is 0.462 e. The fourth-order valence-electron chi connectivity index (χ4n) is 1.31. The number of benzene rings is 1. The van der Waals surface area contributed by atoms with Gasteiger partial charge in [-0.25, -0.2) is 4.39 Å². The Morgan fingerprint density at radius 3 is 2.64 bits per heavy atom. The van der Waals surface area contributed by atoms with E-state index < -0.39 is 11.8 Å². The van der Waals surface area contributed by atoms with E-state index in [4.69, 9.17) is 0 Å². The van der Waals surface area contributed by atoms with Crippen LogP contribution < -0.4 is 4.74 Å². The van der Waals surface area contributed by atoms with Crippen molar-refractivity contribution in [1.29, 1.82) is 0 Å². The molecule has 0 aromatic heterocycles. The van der Waals surface area contributed by atoms with Gasteiger partial charge in [0.15, 0.2) is 0 Å². The molecule has 4 nitrogen and oxygen atoms in total. The second kappa shape index (κ2) is 4.04. The number of alkyl halides is 1. The van der Waals surface area contributed by atoms with E-state index in [-0.39, 0.29) is 11.4 Å². The van der Waals surface area contributed by atoms with Crippen LogP contribution in [0.3, 0.4) is 0 Å². The number of nitrogens with zero attached hydrogens (tertiary/aromatic N) is 1. The molecular formula is C9H10FNO3. The topological polar surface area (TPSA) is 52.4 Å². The lowest BCUT2D eigenvalue weighted by Crippen LogP contribution is -1.99. The predicted molar refractivity (Wildman–Crippen MR) is 49.2 cm³/mol. The zero-order valence-electron chi connectivity index (χ0n) is 7.91. The second-order valence-corrected chi connectivity index (χ2v) is 2.86. The maximum Gasteiger partial charge on any atom is 0.278 e. The minimum atomic E-state index is -0.985. The first-order valence-electron chi connectivity index (χ1n) is 4.01. The quantitative estimate of drug-likeness (QED) is 0.555. The molecule has 76 valence electrons. The Morgan fingerprint density at radius 1 is 1.50 bits per heavy atom. The van der Waals surface area contributed by atoms with Crippen molar-refractivity contribution in [2.45, 2.75) is 13.8 Å². The van der Waals surface area contributed by atoms with Gasteiger partial charge in [0.1, 0.15) is 5.75 Å². The average molecular weight is 199 g/mol. The zero-order valence-corrected chi connectivity index (χ0v) is 7.91. The summed E-state index contributed by atoms with van der Waals surface area (Å²) in [7, 11) is 0. The van der Waals surface area contributed by atoms with E-state index >= 15 is 0 Å². The van der Waals surface area contributed by atoms with E-state index in [9.17, 15) is 14.5 Å². The number of nitro groups is 1. The number of nitro benzene ring substituents is 1. The highest BCUT2D eigenvalue weighted by Gasteiger charge is 2.17. The number of ether oxygens (including phenoxy) is 1. The van der Waals surface area contributed by atoms with Crippen LogP contribution >= 0.6 is 0 Å². The van der Waals surface area contributed by atoms with E-state index in [1.54, 1.807) is 6.92 Å². The fraction of sp³-hybridized carbons (Fsp3) is 0.333. The molecule has 1 aromatic rings. The van der Waals surface area contributed by atoms with Crippen LogP contribution in [0.4, 0.5) is 10.1 Å². The molecule has 0 saturated carbocycles. The Hall–Kier alpha value is -1.65. The normalized spacial score (nSPS) is 9.93. The monoisotopic (exact) mass is 199 g/mol. The second-order valence-electron chi connectivity index (χ2n) is 2.86. The van der Waals surface area contributed by atoms with Gasteiger partial charge >= 0.3 is 0 Å². The predicted octanol–water partition coefficient (Wildman–Crippen LogP) is 2.52. The minimum Gasteiger partial charge on any atom is -0.462 e. The Morgan fingerprint density at radius 2 is 2.14 bits per heavy atom. The highest BCUT2D eigenvalue weighted by Crippen LogP contribution is 2.30. The van der Waals surface area contributed by atoms with Crippen LogP contribution in [-0.2, 0) is 0 Å². The zero-order chi connectivity index (χ0) is 10.7. The third-order valence-corrected chi connectivity index (χ3v) is 1.98. The third-order valence-electron chi connectivity index (χ3n) is 1.98. The van der Waals surface area contributed by atoms with Gasteiger partial charge in [0.2, 0.25) is 6.86 Å². The van der Waals surface area contributed by atoms with Crippen molar-refractivity contribution in [1.82, 2.24) is 0 Å². The van der Waals surface area contributed by atoms with Crippen LogP contribution in [0.2, 0.25) is 0 Å². The van der Waals surface area contributed by atoms with Gasteiger partial charge in [-0.05, 0) is 26.0 Å². The molecule has 0 fully saturated rings. The number of aryl methyl sites for hydroxylation is 1. The van der Waals surface area contributed by atoms with E-state index in [0.29, 0.717) is 11.1 Å². The van der Waals surface area contributed by atoms with E-state index in [1.807, 2.05) is 0 Å². The van der Waals surface area contributed by atoms with Crippen molar-refractivity contribution in [2.24, 2.45) is 0 Å². The van der Waals surface area contributed by atoms with Crippen LogP contribution in [-0.4, -0.2) is 11.8 Å². The molecule has 0 aliphatic rings. The van der Waals surface area contributed by atoms with Gasteiger partial charge < -0.3 is 4.74 Å². The number of hydrogen-bond donors (Lipinski definition) is 0. The Kier molecular flexibility index (Phi) is 3.01. The van der Waals surface area contributed by atoms with Gasteiger partial charge in [-0.1, -0.05) is 0 Å². The van der Waals surface area contributed by atoms with Crippen molar-refractivity contribution in [3.63, 3.8) is 0 Å². The van der Waals surface area contributed by atoms with Crippen LogP contribution in [0, 0.1) is 24.0 Å². The summed E-state index contributed by atoms with van der Waals surface area (Å²) in [5.41, 5.74) is 0.877.